The first-order valence-corrected chi connectivity index (χ1v) is 28.2. The smallest absolute Gasteiger partial charge is 0.461 e. The Bertz CT molecular complexity index is 1810. The second-order valence-electron chi connectivity index (χ2n) is 20.1. The number of nitrogens with two attached hydrogens (primary N) is 4. The predicted octanol–water partition coefficient (Wildman–Crippen LogP) is 8.75. The number of imide groups is 1. The van der Waals surface area contributed by atoms with E-state index in [9.17, 15) is 19.2 Å². The van der Waals surface area contributed by atoms with Gasteiger partial charge in [-0.1, -0.05) is 78.8 Å². The van der Waals surface area contributed by atoms with Gasteiger partial charge in [-0.2, -0.15) is 0 Å². The summed E-state index contributed by atoms with van der Waals surface area (Å²) >= 11 is 1.76. The summed E-state index contributed by atoms with van der Waals surface area (Å²) in [7, 11) is 6.11. The quantitative estimate of drug-likeness (QED) is 0.0121. The van der Waals surface area contributed by atoms with E-state index in [1.165, 1.54) is 17.3 Å². The van der Waals surface area contributed by atoms with Crippen LogP contribution in [-0.2, 0) is 30.5 Å². The topological polar surface area (TPSA) is 245 Å². The molecule has 0 saturated carbocycles. The molecule has 2 aliphatic rings. The molecule has 1 aromatic carbocycles. The summed E-state index contributed by atoms with van der Waals surface area (Å²) < 4.78 is 5.35. The van der Waals surface area contributed by atoms with E-state index < -0.39 is 6.23 Å². The number of hydrogen-bond donors (Lipinski definition) is 7. The van der Waals surface area contributed by atoms with Crippen LogP contribution in [-0.4, -0.2) is 119 Å². The third-order valence-corrected chi connectivity index (χ3v) is 14.5. The Kier molecular flexibility index (Phi) is 42.1. The number of benzene rings is 1. The molecular formula is C58H103BN9O6S. The Labute approximate surface area is 460 Å². The molecule has 0 aromatic heterocycles. The van der Waals surface area contributed by atoms with E-state index in [-0.39, 0.29) is 65.5 Å². The molecule has 0 bridgehead atoms. The molecule has 425 valence electrons. The fourth-order valence-electron chi connectivity index (χ4n) is 8.73. The Morgan fingerprint density at radius 1 is 0.987 bits per heavy atom. The molecule has 0 spiro atoms. The number of amides is 3. The number of rotatable bonds is 31. The van der Waals surface area contributed by atoms with Gasteiger partial charge in [-0.25, -0.2) is 0 Å². The average molecular weight is 1070 g/mol. The van der Waals surface area contributed by atoms with Crippen LogP contribution in [0.15, 0.2) is 80.2 Å². The van der Waals surface area contributed by atoms with Crippen molar-refractivity contribution in [1.29, 1.82) is 0 Å². The molecule has 9 unspecified atom stereocenters. The molecule has 1 aromatic rings. The monoisotopic (exact) mass is 1060 g/mol. The van der Waals surface area contributed by atoms with Gasteiger partial charge in [0.2, 0.25) is 12.3 Å². The molecule has 17 heteroatoms. The number of anilines is 1. The molecule has 1 radical (unpaired) electrons. The van der Waals surface area contributed by atoms with Gasteiger partial charge in [0.05, 0.1) is 18.0 Å². The molecule has 1 fully saturated rings. The summed E-state index contributed by atoms with van der Waals surface area (Å²) in [4.78, 5) is 58.2. The minimum absolute atomic E-state index is 0.0880. The number of aliphatic imine (C=N–C) groups is 1. The van der Waals surface area contributed by atoms with Crippen molar-refractivity contribution in [3.05, 3.63) is 80.8 Å². The van der Waals surface area contributed by atoms with Gasteiger partial charge in [0, 0.05) is 42.5 Å². The number of unbranched alkanes of at least 4 members (excludes halogenated alkanes) is 4. The van der Waals surface area contributed by atoms with Gasteiger partial charge < -0.3 is 37.3 Å². The molecule has 15 nitrogen and oxygen atoms in total. The van der Waals surface area contributed by atoms with Crippen molar-refractivity contribution >= 4 is 60.3 Å². The zero-order valence-electron chi connectivity index (χ0n) is 47.9. The number of likely N-dealkylation sites (tertiary alicyclic amines) is 1. The van der Waals surface area contributed by atoms with Crippen LogP contribution in [0.2, 0.25) is 0 Å². The molecule has 9 atom stereocenters. The van der Waals surface area contributed by atoms with Crippen molar-refractivity contribution in [3.8, 4) is 0 Å². The molecule has 1 saturated heterocycles. The molecule has 0 aliphatic carbocycles. The van der Waals surface area contributed by atoms with Gasteiger partial charge in [0.1, 0.15) is 6.61 Å². The number of nitrogens with one attached hydrogen (secondary N) is 2. The van der Waals surface area contributed by atoms with Crippen LogP contribution in [0.25, 0.3) is 0 Å². The molecule has 75 heavy (non-hydrogen) atoms. The molecule has 3 amide bonds. The van der Waals surface area contributed by atoms with Crippen LogP contribution in [0.5, 0.6) is 0 Å². The summed E-state index contributed by atoms with van der Waals surface area (Å²) in [6, 6.07) is 8.10. The molecular weight excluding hydrogens is 962 g/mol. The Morgan fingerprint density at radius 3 is 2.09 bits per heavy atom. The van der Waals surface area contributed by atoms with Gasteiger partial charge in [-0.3, -0.25) is 19.4 Å². The minimum Gasteiger partial charge on any atom is -0.461 e. The van der Waals surface area contributed by atoms with E-state index in [1.807, 2.05) is 56.9 Å². The third kappa shape index (κ3) is 32.0. The van der Waals surface area contributed by atoms with Gasteiger partial charge in [-0.15, -0.1) is 13.2 Å². The molecule has 3 rings (SSSR count). The van der Waals surface area contributed by atoms with Crippen LogP contribution in [0.1, 0.15) is 158 Å². The second-order valence-corrected chi connectivity index (χ2v) is 21.6. The first kappa shape index (κ1) is 72.5. The van der Waals surface area contributed by atoms with Crippen LogP contribution in [0.4, 0.5) is 5.69 Å². The Morgan fingerprint density at radius 2 is 1.59 bits per heavy atom. The Hall–Kier alpha value is -4.55. The number of nitrogens with zero attached hydrogens (tertiary/aromatic N) is 3. The Balaban J connectivity index is 0. The summed E-state index contributed by atoms with van der Waals surface area (Å²) in [6.07, 6.45) is 14.9. The maximum atomic E-state index is 14.1. The number of ether oxygens (including phenoxy) is 1. The number of carbonyl (C=O) groups excluding carboxylic acids is 4. The maximum absolute atomic E-state index is 14.1. The second kappa shape index (κ2) is 43.5. The predicted molar refractivity (Wildman–Crippen MR) is 320 cm³/mol. The number of hydrogen-bond acceptors (Lipinski definition) is 14. The van der Waals surface area contributed by atoms with Crippen molar-refractivity contribution in [2.24, 2.45) is 51.6 Å². The standard InChI is InChI=1S/C47H79BN5O5S.C5H10N2O.2C2H5N.C2H4/c1-10-34(4)43(46(56)53-27-17-20-44(53)39(9)51-42-23-21-40(22-24-42)30-58-47(57)33(2)3)19-14-12-16-26-52(32-54)45(55)29-37(7)59-31-36(6)50-38(8)41(28-35(5)48)18-13-11-15-25-49;1-3-2-4(6)5(8)7-3;2*1-2-3;1-2/h21-24,32-34,36-38,41,43-44,50-51H,9-20,25-31,49H2,1-8H3;4-5,8H,2,6H2,1H3;2*2H,1,3H2;1-2H2. The SMILES string of the molecule is C=C.C=CN.C=CN.CC1=NC(O)C(N)C1.[B]=C(C)CC(CCCCCN)C(C)NC(C)CSC(C)CC(=O)N(C=O)CCCCCC(C(=O)N1CCCC1C(=C)Nc1ccc(COC(=O)C(C)C)cc1)C(C)CC. The van der Waals surface area contributed by atoms with Crippen LogP contribution in [0, 0.1) is 23.7 Å². The van der Waals surface area contributed by atoms with Gasteiger partial charge in [0.15, 0.2) is 6.23 Å². The van der Waals surface area contributed by atoms with Gasteiger partial charge in [-0.05, 0) is 68.6 Å². The summed E-state index contributed by atoms with van der Waals surface area (Å²) in [6.45, 7) is 37.0. The normalized spacial score (nSPS) is 17.8. The zero-order valence-corrected chi connectivity index (χ0v) is 48.7. The number of esters is 1. The fraction of sp³-hybridized carbons (Fsp3) is 0.655. The van der Waals surface area contributed by atoms with E-state index in [1.54, 1.807) is 11.8 Å². The number of aliphatic hydroxyl groups excluding tert-OH is 1. The van der Waals surface area contributed by atoms with Crippen molar-refractivity contribution in [3.63, 3.8) is 0 Å². The first-order chi connectivity index (χ1) is 35.6. The minimum atomic E-state index is -0.644. The molecule has 2 heterocycles. The van der Waals surface area contributed by atoms with Crippen molar-refractivity contribution in [1.82, 2.24) is 15.1 Å². The van der Waals surface area contributed by atoms with Gasteiger partial charge >= 0.3 is 159 Å². The van der Waals surface area contributed by atoms with Crippen LogP contribution < -0.4 is 33.6 Å². The van der Waals surface area contributed by atoms with Crippen molar-refractivity contribution in [2.45, 2.75) is 194 Å². The van der Waals surface area contributed by atoms with E-state index in [0.29, 0.717) is 44.3 Å². The fourth-order valence-corrected chi connectivity index (χ4v) is 9.70. The molecule has 2 aliphatic heterocycles. The summed E-state index contributed by atoms with van der Waals surface area (Å²) in [5.74, 6) is 1.15. The van der Waals surface area contributed by atoms with Crippen molar-refractivity contribution in [2.75, 3.05) is 30.7 Å². The molecule has 11 N–H and O–H groups in total. The van der Waals surface area contributed by atoms with Gasteiger partial charge in [0.25, 0.3) is 0 Å². The van der Waals surface area contributed by atoms with Crippen LogP contribution >= 0.6 is 11.8 Å². The van der Waals surface area contributed by atoms with Crippen LogP contribution in [0.3, 0.4) is 0 Å². The number of carbonyl (C=O) groups is 4. The van der Waals surface area contributed by atoms with E-state index >= 15 is 0 Å². The number of thioether (sulfide) groups is 1. The summed E-state index contributed by atoms with van der Waals surface area (Å²) in [5.41, 5.74) is 24.8. The van der Waals surface area contributed by atoms with E-state index in [2.05, 4.69) is 94.6 Å². The average Bonchev–Trinajstić information content (AvgIpc) is 3.99. The van der Waals surface area contributed by atoms with Crippen molar-refractivity contribution < 1.29 is 29.0 Å². The number of aliphatic hydroxyl groups is 1. The summed E-state index contributed by atoms with van der Waals surface area (Å²) in [5, 5.41) is 16.1. The third-order valence-electron chi connectivity index (χ3n) is 13.0. The van der Waals surface area contributed by atoms with E-state index in [4.69, 9.17) is 28.8 Å². The van der Waals surface area contributed by atoms with E-state index in [0.717, 1.165) is 117 Å². The first-order valence-electron chi connectivity index (χ1n) is 27.2. The zero-order chi connectivity index (χ0) is 57.5.